The highest BCUT2D eigenvalue weighted by atomic mass is 19.4. The van der Waals surface area contributed by atoms with Gasteiger partial charge in [0.2, 0.25) is 0 Å². The van der Waals surface area contributed by atoms with Gasteiger partial charge in [0, 0.05) is 36.5 Å². The zero-order valence-electron chi connectivity index (χ0n) is 19.2. The zero-order chi connectivity index (χ0) is 25.8. The van der Waals surface area contributed by atoms with E-state index in [-0.39, 0.29) is 5.69 Å². The number of fused-ring (bicyclic) bond motifs is 1. The number of anilines is 3. The van der Waals surface area contributed by atoms with Crippen molar-refractivity contribution >= 4 is 34.3 Å². The summed E-state index contributed by atoms with van der Waals surface area (Å²) in [4.78, 5) is 28.7. The number of H-pyrrole nitrogens is 1. The number of aromatic nitrogens is 4. The first-order valence-electron chi connectivity index (χ1n) is 11.2. The van der Waals surface area contributed by atoms with E-state index in [2.05, 4.69) is 35.9 Å². The van der Waals surface area contributed by atoms with Crippen LogP contribution in [0.3, 0.4) is 0 Å². The van der Waals surface area contributed by atoms with Crippen molar-refractivity contribution in [1.29, 1.82) is 0 Å². The van der Waals surface area contributed by atoms with Gasteiger partial charge < -0.3 is 20.9 Å². The molecule has 0 radical (unpaired) electrons. The molecule has 3 heterocycles. The van der Waals surface area contributed by atoms with Gasteiger partial charge in [-0.15, -0.1) is 0 Å². The van der Waals surface area contributed by atoms with Gasteiger partial charge in [-0.2, -0.15) is 13.2 Å². The summed E-state index contributed by atoms with van der Waals surface area (Å²) in [5, 5.41) is 8.51. The molecule has 5 aromatic rings. The van der Waals surface area contributed by atoms with Crippen molar-refractivity contribution in [2.75, 3.05) is 16.0 Å². The minimum atomic E-state index is -4.44. The van der Waals surface area contributed by atoms with E-state index < -0.39 is 17.8 Å². The minimum Gasteiger partial charge on any atom is -0.365 e. The van der Waals surface area contributed by atoms with E-state index in [1.165, 1.54) is 12.1 Å². The third-order valence-electron chi connectivity index (χ3n) is 5.48. The van der Waals surface area contributed by atoms with Crippen molar-refractivity contribution < 1.29 is 18.0 Å². The Balaban J connectivity index is 1.29. The van der Waals surface area contributed by atoms with Crippen LogP contribution in [0.15, 0.2) is 85.3 Å². The molecule has 0 saturated heterocycles. The molecule has 0 saturated carbocycles. The van der Waals surface area contributed by atoms with Crippen molar-refractivity contribution in [3.05, 3.63) is 96.4 Å². The molecule has 0 fully saturated rings. The summed E-state index contributed by atoms with van der Waals surface area (Å²) in [5.41, 5.74) is 3.14. The molecular formula is C26H20F3N7O. The average molecular weight is 503 g/mol. The maximum absolute atomic E-state index is 12.7. The van der Waals surface area contributed by atoms with Gasteiger partial charge in [0.25, 0.3) is 0 Å². The fourth-order valence-electron chi connectivity index (χ4n) is 3.67. The largest absolute Gasteiger partial charge is 0.416 e. The summed E-state index contributed by atoms with van der Waals surface area (Å²) >= 11 is 0. The molecule has 3 aromatic heterocycles. The maximum Gasteiger partial charge on any atom is 0.416 e. The fourth-order valence-corrected chi connectivity index (χ4v) is 3.67. The highest BCUT2D eigenvalue weighted by Crippen LogP contribution is 2.30. The van der Waals surface area contributed by atoms with E-state index in [4.69, 9.17) is 0 Å². The highest BCUT2D eigenvalue weighted by Gasteiger charge is 2.30. The number of nitrogens with one attached hydrogen (secondary N) is 4. The Morgan fingerprint density at radius 2 is 1.62 bits per heavy atom. The van der Waals surface area contributed by atoms with Crippen molar-refractivity contribution in [3.63, 3.8) is 0 Å². The lowest BCUT2D eigenvalue weighted by molar-refractivity contribution is -0.137. The number of pyridine rings is 2. The van der Waals surface area contributed by atoms with E-state index in [0.717, 1.165) is 23.3 Å². The molecular weight excluding hydrogens is 483 g/mol. The summed E-state index contributed by atoms with van der Waals surface area (Å²) in [6.45, 7) is 0.564. The van der Waals surface area contributed by atoms with Gasteiger partial charge in [0.15, 0.2) is 0 Å². The number of aromatic amines is 1. The van der Waals surface area contributed by atoms with E-state index >= 15 is 0 Å². The summed E-state index contributed by atoms with van der Waals surface area (Å²) in [6.07, 6.45) is 0.708. The molecule has 2 aromatic carbocycles. The lowest BCUT2D eigenvalue weighted by atomic mass is 10.2. The summed E-state index contributed by atoms with van der Waals surface area (Å²) in [5.74, 6) is 1.26. The van der Waals surface area contributed by atoms with Crippen LogP contribution in [0.5, 0.6) is 0 Å². The highest BCUT2D eigenvalue weighted by molar-refractivity contribution is 6.00. The van der Waals surface area contributed by atoms with Gasteiger partial charge in [-0.1, -0.05) is 0 Å². The molecule has 11 heteroatoms. The van der Waals surface area contributed by atoms with Crippen molar-refractivity contribution in [1.82, 2.24) is 19.9 Å². The van der Waals surface area contributed by atoms with Crippen LogP contribution < -0.4 is 16.0 Å². The molecule has 0 spiro atoms. The standard InChI is InChI=1S/C26H20F3N7O/c27-26(28,29)17-3-5-18(6-4-17)33-25(37)34-19-7-8-21-22(14-19)36-24(35-21)20-2-1-11-31-23(20)32-15-16-9-12-30-13-10-16/h1-14H,15H2,(H,31,32)(H,35,36)(H2,33,34,37). The number of carbonyl (C=O) groups is 1. The normalized spacial score (nSPS) is 11.3. The molecule has 0 unspecified atom stereocenters. The molecule has 2 amide bonds. The number of imidazole rings is 1. The van der Waals surface area contributed by atoms with Gasteiger partial charge in [0.05, 0.1) is 22.2 Å². The van der Waals surface area contributed by atoms with Crippen LogP contribution in [-0.4, -0.2) is 26.0 Å². The van der Waals surface area contributed by atoms with Gasteiger partial charge in [-0.05, 0) is 72.3 Å². The molecule has 0 atom stereocenters. The van der Waals surface area contributed by atoms with Crippen molar-refractivity contribution in [2.24, 2.45) is 0 Å². The fraction of sp³-hybridized carbons (Fsp3) is 0.0769. The Hall–Kier alpha value is -4.93. The number of carbonyl (C=O) groups excluding carboxylic acids is 1. The molecule has 0 aliphatic rings. The Morgan fingerprint density at radius 3 is 2.38 bits per heavy atom. The lowest BCUT2D eigenvalue weighted by Crippen LogP contribution is -2.19. The third kappa shape index (κ3) is 5.67. The van der Waals surface area contributed by atoms with Gasteiger partial charge >= 0.3 is 12.2 Å². The summed E-state index contributed by atoms with van der Waals surface area (Å²) < 4.78 is 38.2. The average Bonchev–Trinajstić information content (AvgIpc) is 3.31. The number of hydrogen-bond donors (Lipinski definition) is 4. The molecule has 186 valence electrons. The molecule has 8 nitrogen and oxygen atoms in total. The first kappa shape index (κ1) is 23.8. The molecule has 37 heavy (non-hydrogen) atoms. The Morgan fingerprint density at radius 1 is 0.892 bits per heavy atom. The number of halogens is 3. The number of benzene rings is 2. The van der Waals surface area contributed by atoms with Crippen LogP contribution in [0.4, 0.5) is 35.2 Å². The molecule has 0 bridgehead atoms. The quantitative estimate of drug-likeness (QED) is 0.218. The second-order valence-corrected chi connectivity index (χ2v) is 8.08. The van der Waals surface area contributed by atoms with Crippen LogP contribution >= 0.6 is 0 Å². The number of alkyl halides is 3. The van der Waals surface area contributed by atoms with Gasteiger partial charge in [-0.25, -0.2) is 14.8 Å². The Kier molecular flexibility index (Phi) is 6.42. The van der Waals surface area contributed by atoms with Crippen LogP contribution in [0.2, 0.25) is 0 Å². The number of rotatable bonds is 6. The monoisotopic (exact) mass is 503 g/mol. The first-order valence-corrected chi connectivity index (χ1v) is 11.2. The van der Waals surface area contributed by atoms with E-state index in [0.29, 0.717) is 34.9 Å². The lowest BCUT2D eigenvalue weighted by Gasteiger charge is -2.10. The van der Waals surface area contributed by atoms with E-state index in [9.17, 15) is 18.0 Å². The third-order valence-corrected chi connectivity index (χ3v) is 5.48. The maximum atomic E-state index is 12.7. The Labute approximate surface area is 209 Å². The second kappa shape index (κ2) is 9.97. The zero-order valence-corrected chi connectivity index (χ0v) is 19.2. The minimum absolute atomic E-state index is 0.235. The molecule has 0 aliphatic heterocycles. The number of hydrogen-bond acceptors (Lipinski definition) is 5. The molecule has 0 aliphatic carbocycles. The predicted octanol–water partition coefficient (Wildman–Crippen LogP) is 6.29. The number of nitrogens with zero attached hydrogens (tertiary/aromatic N) is 3. The first-order chi connectivity index (χ1) is 17.8. The topological polar surface area (TPSA) is 108 Å². The summed E-state index contributed by atoms with van der Waals surface area (Å²) in [6, 6.07) is 16.3. The van der Waals surface area contributed by atoms with Gasteiger partial charge in [-0.3, -0.25) is 4.98 Å². The number of urea groups is 1. The number of amides is 2. The van der Waals surface area contributed by atoms with Gasteiger partial charge in [0.1, 0.15) is 11.6 Å². The van der Waals surface area contributed by atoms with Crippen molar-refractivity contribution in [3.8, 4) is 11.4 Å². The van der Waals surface area contributed by atoms with Crippen LogP contribution in [-0.2, 0) is 12.7 Å². The second-order valence-electron chi connectivity index (χ2n) is 8.08. The Bertz CT molecular complexity index is 1530. The SMILES string of the molecule is O=C(Nc1ccc(C(F)(F)F)cc1)Nc1ccc2nc(-c3cccnc3NCc3ccncc3)[nH]c2c1. The summed E-state index contributed by atoms with van der Waals surface area (Å²) in [7, 11) is 0. The van der Waals surface area contributed by atoms with Crippen LogP contribution in [0, 0.1) is 0 Å². The molecule has 5 rings (SSSR count). The predicted molar refractivity (Wildman–Crippen MR) is 135 cm³/mol. The van der Waals surface area contributed by atoms with Crippen LogP contribution in [0.25, 0.3) is 22.4 Å². The smallest absolute Gasteiger partial charge is 0.365 e. The van der Waals surface area contributed by atoms with E-state index in [1.807, 2.05) is 24.3 Å². The van der Waals surface area contributed by atoms with Crippen molar-refractivity contribution in [2.45, 2.75) is 12.7 Å². The molecule has 4 N–H and O–H groups in total. The van der Waals surface area contributed by atoms with E-state index in [1.54, 1.807) is 36.8 Å². The van der Waals surface area contributed by atoms with Crippen LogP contribution in [0.1, 0.15) is 11.1 Å².